The number of ketones is 1. The van der Waals surface area contributed by atoms with Crippen molar-refractivity contribution in [2.24, 2.45) is 0 Å². The van der Waals surface area contributed by atoms with E-state index < -0.39 is 29.3 Å². The first-order valence-corrected chi connectivity index (χ1v) is 9.62. The van der Waals surface area contributed by atoms with Crippen LogP contribution in [0.2, 0.25) is 10.0 Å². The number of methoxy groups -OCH3 is 2. The highest BCUT2D eigenvalue weighted by atomic mass is 35.5. The Kier molecular flexibility index (Phi) is 6.65. The summed E-state index contributed by atoms with van der Waals surface area (Å²) >= 11 is 12.2. The number of Topliss-reactive ketones (excluding diaryl/α,β-unsaturated/α-hetero) is 1. The average molecular weight is 454 g/mol. The number of carbonyl (C=O) groups is 2. The van der Waals surface area contributed by atoms with Gasteiger partial charge >= 0.3 is 0 Å². The van der Waals surface area contributed by atoms with E-state index in [9.17, 15) is 19.1 Å². The van der Waals surface area contributed by atoms with Crippen LogP contribution in [-0.4, -0.2) is 49.1 Å². The van der Waals surface area contributed by atoms with Crippen molar-refractivity contribution in [3.05, 3.63) is 69.0 Å². The molecule has 1 atom stereocenters. The number of ether oxygens (including phenoxy) is 2. The third kappa shape index (κ3) is 3.88. The van der Waals surface area contributed by atoms with Crippen LogP contribution in [-0.2, 0) is 14.3 Å². The van der Waals surface area contributed by atoms with Crippen molar-refractivity contribution in [1.82, 2.24) is 4.90 Å². The third-order valence-corrected chi connectivity index (χ3v) is 5.24. The molecule has 1 saturated heterocycles. The lowest BCUT2D eigenvalue weighted by Gasteiger charge is -2.25. The summed E-state index contributed by atoms with van der Waals surface area (Å²) in [6, 6.07) is 7.31. The van der Waals surface area contributed by atoms with Crippen molar-refractivity contribution in [2.75, 3.05) is 27.4 Å². The summed E-state index contributed by atoms with van der Waals surface area (Å²) in [7, 11) is 2.77. The van der Waals surface area contributed by atoms with Gasteiger partial charge in [-0.15, -0.1) is 0 Å². The van der Waals surface area contributed by atoms with E-state index in [1.54, 1.807) is 6.07 Å². The molecule has 158 valence electrons. The van der Waals surface area contributed by atoms with Gasteiger partial charge in [0.15, 0.2) is 0 Å². The Morgan fingerprint density at radius 1 is 1.20 bits per heavy atom. The number of rotatable bonds is 6. The molecule has 30 heavy (non-hydrogen) atoms. The van der Waals surface area contributed by atoms with E-state index in [0.717, 1.165) is 4.90 Å². The van der Waals surface area contributed by atoms with Crippen LogP contribution in [0.25, 0.3) is 5.76 Å². The third-order valence-electron chi connectivity index (χ3n) is 4.74. The minimum atomic E-state index is -1.16. The number of hydrogen-bond donors (Lipinski definition) is 1. The maximum atomic E-state index is 14.7. The number of amides is 1. The molecular weight excluding hydrogens is 436 g/mol. The number of aliphatic hydroxyl groups is 1. The Bertz CT molecular complexity index is 1040. The minimum Gasteiger partial charge on any atom is -0.507 e. The molecule has 2 aromatic rings. The number of nitrogens with zero attached hydrogens (tertiary/aromatic N) is 1. The van der Waals surface area contributed by atoms with Gasteiger partial charge in [-0.2, -0.15) is 0 Å². The second-order valence-corrected chi connectivity index (χ2v) is 7.32. The second kappa shape index (κ2) is 9.04. The van der Waals surface area contributed by atoms with Crippen molar-refractivity contribution in [3.63, 3.8) is 0 Å². The van der Waals surface area contributed by atoms with Gasteiger partial charge in [0, 0.05) is 24.2 Å². The van der Waals surface area contributed by atoms with Gasteiger partial charge in [0.05, 0.1) is 35.9 Å². The molecule has 0 aromatic heterocycles. The summed E-state index contributed by atoms with van der Waals surface area (Å²) in [5.41, 5.74) is -0.222. The fourth-order valence-electron chi connectivity index (χ4n) is 3.41. The summed E-state index contributed by atoms with van der Waals surface area (Å²) in [4.78, 5) is 26.8. The monoisotopic (exact) mass is 453 g/mol. The number of halogens is 3. The summed E-state index contributed by atoms with van der Waals surface area (Å²) in [6.07, 6.45) is 0. The molecule has 1 N–H and O–H groups in total. The predicted octanol–water partition coefficient (Wildman–Crippen LogP) is 4.21. The highest BCUT2D eigenvalue weighted by Crippen LogP contribution is 2.43. The number of likely N-dealkylation sites (tertiary alicyclic amines) is 1. The van der Waals surface area contributed by atoms with Gasteiger partial charge < -0.3 is 19.5 Å². The van der Waals surface area contributed by atoms with Crippen LogP contribution in [0, 0.1) is 5.82 Å². The lowest BCUT2D eigenvalue weighted by Crippen LogP contribution is -2.33. The number of aliphatic hydroxyl groups excluding tert-OH is 1. The molecule has 0 aliphatic carbocycles. The molecule has 2 aromatic carbocycles. The molecule has 1 amide bonds. The summed E-state index contributed by atoms with van der Waals surface area (Å²) < 4.78 is 24.9. The second-order valence-electron chi connectivity index (χ2n) is 6.48. The zero-order chi connectivity index (χ0) is 22.0. The zero-order valence-corrected chi connectivity index (χ0v) is 17.6. The molecule has 0 bridgehead atoms. The number of carbonyl (C=O) groups excluding carboxylic acids is 2. The van der Waals surface area contributed by atoms with Gasteiger partial charge in [0.25, 0.3) is 11.7 Å². The first-order valence-electron chi connectivity index (χ1n) is 8.87. The lowest BCUT2D eigenvalue weighted by molar-refractivity contribution is -0.140. The van der Waals surface area contributed by atoms with Crippen molar-refractivity contribution in [3.8, 4) is 5.75 Å². The van der Waals surface area contributed by atoms with E-state index >= 15 is 0 Å². The largest absolute Gasteiger partial charge is 0.507 e. The Labute approximate surface area is 182 Å². The number of benzene rings is 2. The van der Waals surface area contributed by atoms with Gasteiger partial charge in [-0.05, 0) is 18.2 Å². The fraction of sp³-hybridized carbons (Fsp3) is 0.238. The maximum Gasteiger partial charge on any atom is 0.295 e. The highest BCUT2D eigenvalue weighted by molar-refractivity contribution is 6.46. The summed E-state index contributed by atoms with van der Waals surface area (Å²) in [5.74, 6) is -2.98. The maximum absolute atomic E-state index is 14.7. The molecule has 0 radical (unpaired) electrons. The molecule has 3 rings (SSSR count). The first kappa shape index (κ1) is 22.1. The Morgan fingerprint density at radius 3 is 2.53 bits per heavy atom. The topological polar surface area (TPSA) is 76.1 Å². The standard InChI is InChI=1S/C21H18Cl2FNO5/c1-29-8-7-25-17(12-5-3-4-6-15(12)24)16(19(27)21(25)28)18(26)13-9-11(22)10-14(23)20(13)30-2/h3-6,9-10,17,26H,7-8H2,1-2H3/b18-16+. The molecule has 1 aliphatic rings. The fourth-order valence-corrected chi connectivity index (χ4v) is 3.98. The highest BCUT2D eigenvalue weighted by Gasteiger charge is 2.47. The molecule has 9 heteroatoms. The van der Waals surface area contributed by atoms with Crippen LogP contribution >= 0.6 is 23.2 Å². The van der Waals surface area contributed by atoms with E-state index in [1.807, 2.05) is 0 Å². The Hall–Kier alpha value is -2.61. The van der Waals surface area contributed by atoms with Crippen LogP contribution < -0.4 is 4.74 Å². The first-order chi connectivity index (χ1) is 14.3. The van der Waals surface area contributed by atoms with Gasteiger partial charge in [0.2, 0.25) is 0 Å². The van der Waals surface area contributed by atoms with Crippen molar-refractivity contribution in [1.29, 1.82) is 0 Å². The van der Waals surface area contributed by atoms with Gasteiger partial charge in [-0.1, -0.05) is 41.4 Å². The molecule has 1 fully saturated rings. The van der Waals surface area contributed by atoms with E-state index in [4.69, 9.17) is 32.7 Å². The SMILES string of the molecule is COCCN1C(=O)C(=O)/C(=C(/O)c2cc(Cl)cc(Cl)c2OC)C1c1ccccc1F. The zero-order valence-electron chi connectivity index (χ0n) is 16.1. The van der Waals surface area contributed by atoms with E-state index in [0.29, 0.717) is 0 Å². The summed E-state index contributed by atoms with van der Waals surface area (Å²) in [6.45, 7) is 0.134. The van der Waals surface area contributed by atoms with Crippen molar-refractivity contribution < 1.29 is 28.6 Å². The van der Waals surface area contributed by atoms with Crippen LogP contribution in [0.1, 0.15) is 17.2 Å². The Morgan fingerprint density at radius 2 is 1.90 bits per heavy atom. The van der Waals surface area contributed by atoms with Gasteiger partial charge in [-0.25, -0.2) is 4.39 Å². The van der Waals surface area contributed by atoms with E-state index in [1.165, 1.54) is 44.6 Å². The normalized spacial score (nSPS) is 18.2. The van der Waals surface area contributed by atoms with Crippen LogP contribution in [0.15, 0.2) is 42.0 Å². The lowest BCUT2D eigenvalue weighted by atomic mass is 9.94. The molecule has 0 spiro atoms. The van der Waals surface area contributed by atoms with Crippen molar-refractivity contribution in [2.45, 2.75) is 6.04 Å². The van der Waals surface area contributed by atoms with Crippen LogP contribution in [0.5, 0.6) is 5.75 Å². The minimum absolute atomic E-state index is 0.0149. The van der Waals surface area contributed by atoms with E-state index in [-0.39, 0.29) is 45.6 Å². The number of hydrogen-bond acceptors (Lipinski definition) is 5. The average Bonchev–Trinajstić information content (AvgIpc) is 2.96. The van der Waals surface area contributed by atoms with E-state index in [2.05, 4.69) is 0 Å². The molecular formula is C21H18Cl2FNO5. The quantitative estimate of drug-likeness (QED) is 0.402. The Balaban J connectivity index is 2.28. The van der Waals surface area contributed by atoms with Crippen molar-refractivity contribution >= 4 is 40.7 Å². The van der Waals surface area contributed by atoms with Crippen LogP contribution in [0.3, 0.4) is 0 Å². The smallest absolute Gasteiger partial charge is 0.295 e. The van der Waals surface area contributed by atoms with Crippen LogP contribution in [0.4, 0.5) is 4.39 Å². The summed E-state index contributed by atoms with van der Waals surface area (Å²) in [5, 5.41) is 11.3. The molecule has 6 nitrogen and oxygen atoms in total. The van der Waals surface area contributed by atoms with Gasteiger partial charge in [-0.3, -0.25) is 9.59 Å². The molecule has 1 aliphatic heterocycles. The van der Waals surface area contributed by atoms with Gasteiger partial charge in [0.1, 0.15) is 17.3 Å². The molecule has 1 unspecified atom stereocenters. The molecule has 1 heterocycles. The predicted molar refractivity (Wildman–Crippen MR) is 110 cm³/mol. The molecule has 0 saturated carbocycles.